The van der Waals surface area contributed by atoms with Gasteiger partial charge in [0.2, 0.25) is 0 Å². The lowest BCUT2D eigenvalue weighted by Gasteiger charge is -2.28. The van der Waals surface area contributed by atoms with Crippen molar-refractivity contribution in [2.75, 3.05) is 7.05 Å². The standard InChI is InChI=1S/C28H36N2O3/c1-7-18(2)26(31)21-10-8-20(9-11-21)25-17-24-27(33-25)23(13-15-30(24)6)22(12-14-29)16-19(3)28(4,5)32/h8-19,24,32H,7,29H2,1-6H3/b14-12-,22-16+. The Morgan fingerprint density at radius 1 is 1.27 bits per heavy atom. The quantitative estimate of drug-likeness (QED) is 0.424. The Morgan fingerprint density at radius 3 is 2.52 bits per heavy atom. The molecule has 1 aromatic rings. The second-order valence-corrected chi connectivity index (χ2v) is 9.51. The minimum Gasteiger partial charge on any atom is -0.458 e. The van der Waals surface area contributed by atoms with Crippen LogP contribution in [0.2, 0.25) is 0 Å². The topological polar surface area (TPSA) is 75.8 Å². The summed E-state index contributed by atoms with van der Waals surface area (Å²) in [7, 11) is 2.01. The third kappa shape index (κ3) is 5.31. The number of hydrogen-bond donors (Lipinski definition) is 2. The fourth-order valence-corrected chi connectivity index (χ4v) is 3.79. The molecule has 33 heavy (non-hydrogen) atoms. The number of nitrogens with zero attached hydrogens (tertiary/aromatic N) is 1. The molecule has 2 heterocycles. The van der Waals surface area contributed by atoms with Crippen molar-refractivity contribution < 1.29 is 14.6 Å². The molecule has 0 radical (unpaired) electrons. The molecule has 5 heteroatoms. The fourth-order valence-electron chi connectivity index (χ4n) is 3.79. The van der Waals surface area contributed by atoms with Crippen molar-refractivity contribution in [1.82, 2.24) is 4.90 Å². The first-order chi connectivity index (χ1) is 15.6. The van der Waals surface area contributed by atoms with Gasteiger partial charge in [0, 0.05) is 41.8 Å². The third-order valence-corrected chi connectivity index (χ3v) is 6.62. The summed E-state index contributed by atoms with van der Waals surface area (Å²) in [4.78, 5) is 14.6. The molecule has 3 atom stereocenters. The van der Waals surface area contributed by atoms with Crippen LogP contribution in [-0.2, 0) is 4.74 Å². The second kappa shape index (κ2) is 9.84. The molecule has 0 spiro atoms. The van der Waals surface area contributed by atoms with E-state index in [0.29, 0.717) is 0 Å². The number of carbonyl (C=O) groups excluding carboxylic acids is 1. The Labute approximate surface area is 197 Å². The first kappa shape index (κ1) is 24.6. The van der Waals surface area contributed by atoms with E-state index in [4.69, 9.17) is 10.5 Å². The number of nitrogens with two attached hydrogens (primary N) is 1. The molecule has 0 bridgehead atoms. The summed E-state index contributed by atoms with van der Waals surface area (Å²) in [6, 6.07) is 7.59. The molecule has 0 fully saturated rings. The molecule has 3 unspecified atom stereocenters. The number of likely N-dealkylation sites (N-methyl/N-ethyl adjacent to an activating group) is 1. The summed E-state index contributed by atoms with van der Waals surface area (Å²) in [5.41, 5.74) is 8.38. The van der Waals surface area contributed by atoms with Gasteiger partial charge in [-0.25, -0.2) is 0 Å². The van der Waals surface area contributed by atoms with Crippen LogP contribution in [0, 0.1) is 11.8 Å². The Balaban J connectivity index is 1.95. The Hall–Kier alpha value is -3.05. The van der Waals surface area contributed by atoms with Gasteiger partial charge in [0.1, 0.15) is 17.6 Å². The molecular formula is C28H36N2O3. The zero-order chi connectivity index (χ0) is 24.3. The summed E-state index contributed by atoms with van der Waals surface area (Å²) in [6.45, 7) is 9.55. The summed E-state index contributed by atoms with van der Waals surface area (Å²) < 4.78 is 6.38. The molecule has 5 nitrogen and oxygen atoms in total. The Bertz CT molecular complexity index is 1040. The summed E-state index contributed by atoms with van der Waals surface area (Å²) >= 11 is 0. The summed E-state index contributed by atoms with van der Waals surface area (Å²) in [5.74, 6) is 1.67. The number of hydrogen-bond acceptors (Lipinski definition) is 5. The predicted molar refractivity (Wildman–Crippen MR) is 134 cm³/mol. The first-order valence-electron chi connectivity index (χ1n) is 11.6. The van der Waals surface area contributed by atoms with Gasteiger partial charge in [-0.1, -0.05) is 51.1 Å². The first-order valence-corrected chi connectivity index (χ1v) is 11.6. The molecule has 0 amide bonds. The van der Waals surface area contributed by atoms with Crippen LogP contribution in [0.25, 0.3) is 5.76 Å². The number of aliphatic hydroxyl groups is 1. The van der Waals surface area contributed by atoms with Crippen LogP contribution in [0.1, 0.15) is 57.0 Å². The van der Waals surface area contributed by atoms with E-state index >= 15 is 0 Å². The van der Waals surface area contributed by atoms with Crippen LogP contribution in [0.15, 0.2) is 77.9 Å². The number of Topliss-reactive ketones (excluding diaryl/α,β-unsaturated/α-hetero) is 1. The van der Waals surface area contributed by atoms with Gasteiger partial charge >= 0.3 is 0 Å². The number of rotatable bonds is 8. The SMILES string of the molecule is CCC(C)C(=O)c1ccc(C2=CC3C(=C(C(/C=C\N)=C/C(C)C(C)(C)O)C=CN3C)O2)cc1. The molecule has 176 valence electrons. The fraction of sp³-hybridized carbons (Fsp3) is 0.393. The molecule has 0 aromatic heterocycles. The smallest absolute Gasteiger partial charge is 0.165 e. The molecular weight excluding hydrogens is 412 g/mol. The van der Waals surface area contributed by atoms with E-state index in [1.807, 2.05) is 76.5 Å². The van der Waals surface area contributed by atoms with Gasteiger partial charge in [-0.2, -0.15) is 0 Å². The highest BCUT2D eigenvalue weighted by atomic mass is 16.5. The molecule has 2 aliphatic heterocycles. The molecule has 1 aromatic carbocycles. The largest absolute Gasteiger partial charge is 0.458 e. The van der Waals surface area contributed by atoms with Crippen LogP contribution in [0.4, 0.5) is 0 Å². The van der Waals surface area contributed by atoms with Gasteiger partial charge < -0.3 is 20.5 Å². The number of allylic oxidation sites excluding steroid dienone is 4. The van der Waals surface area contributed by atoms with Gasteiger partial charge in [-0.15, -0.1) is 0 Å². The average Bonchev–Trinajstić information content (AvgIpc) is 3.24. The highest BCUT2D eigenvalue weighted by Crippen LogP contribution is 2.39. The van der Waals surface area contributed by atoms with Gasteiger partial charge in [0.25, 0.3) is 0 Å². The normalized spacial score (nSPS) is 20.6. The van der Waals surface area contributed by atoms with E-state index < -0.39 is 5.60 Å². The zero-order valence-corrected chi connectivity index (χ0v) is 20.5. The van der Waals surface area contributed by atoms with Gasteiger partial charge in [-0.3, -0.25) is 4.79 Å². The number of fused-ring (bicyclic) bond motifs is 1. The maximum Gasteiger partial charge on any atom is 0.165 e. The van der Waals surface area contributed by atoms with Gasteiger partial charge in [0.05, 0.1) is 5.60 Å². The zero-order valence-electron chi connectivity index (χ0n) is 20.5. The van der Waals surface area contributed by atoms with Crippen LogP contribution in [0.5, 0.6) is 0 Å². The highest BCUT2D eigenvalue weighted by molar-refractivity contribution is 5.97. The molecule has 3 rings (SSSR count). The van der Waals surface area contributed by atoms with E-state index in [9.17, 15) is 9.90 Å². The predicted octanol–water partition coefficient (Wildman–Crippen LogP) is 5.17. The van der Waals surface area contributed by atoms with Crippen molar-refractivity contribution in [3.8, 4) is 0 Å². The minimum absolute atomic E-state index is 0.0141. The van der Waals surface area contributed by atoms with Crippen molar-refractivity contribution in [2.24, 2.45) is 17.6 Å². The van der Waals surface area contributed by atoms with Crippen molar-refractivity contribution in [3.63, 3.8) is 0 Å². The number of carbonyl (C=O) groups is 1. The Morgan fingerprint density at radius 2 is 1.94 bits per heavy atom. The van der Waals surface area contributed by atoms with E-state index in [2.05, 4.69) is 11.0 Å². The van der Waals surface area contributed by atoms with Crippen molar-refractivity contribution in [3.05, 3.63) is 89.0 Å². The van der Waals surface area contributed by atoms with Crippen LogP contribution in [-0.4, -0.2) is 34.5 Å². The van der Waals surface area contributed by atoms with Crippen molar-refractivity contribution in [2.45, 2.75) is 52.7 Å². The second-order valence-electron chi connectivity index (χ2n) is 9.51. The van der Waals surface area contributed by atoms with Gasteiger partial charge in [0.15, 0.2) is 5.78 Å². The van der Waals surface area contributed by atoms with Crippen molar-refractivity contribution in [1.29, 1.82) is 0 Å². The summed E-state index contributed by atoms with van der Waals surface area (Å²) in [6.07, 6.45) is 12.3. The summed E-state index contributed by atoms with van der Waals surface area (Å²) in [5, 5.41) is 10.4. The molecule has 3 N–H and O–H groups in total. The lowest BCUT2D eigenvalue weighted by atomic mass is 9.88. The molecule has 2 aliphatic rings. The lowest BCUT2D eigenvalue weighted by molar-refractivity contribution is 0.0439. The third-order valence-electron chi connectivity index (χ3n) is 6.62. The number of ether oxygens (including phenoxy) is 1. The highest BCUT2D eigenvalue weighted by Gasteiger charge is 2.33. The van der Waals surface area contributed by atoms with E-state index in [0.717, 1.165) is 40.2 Å². The van der Waals surface area contributed by atoms with E-state index in [1.54, 1.807) is 13.8 Å². The molecule has 0 saturated carbocycles. The monoisotopic (exact) mass is 448 g/mol. The van der Waals surface area contributed by atoms with Crippen LogP contribution < -0.4 is 5.73 Å². The van der Waals surface area contributed by atoms with E-state index in [1.165, 1.54) is 6.20 Å². The number of ketones is 1. The van der Waals surface area contributed by atoms with Crippen LogP contribution >= 0.6 is 0 Å². The molecule has 0 saturated heterocycles. The number of benzene rings is 1. The maximum atomic E-state index is 12.5. The minimum atomic E-state index is -0.859. The average molecular weight is 449 g/mol. The van der Waals surface area contributed by atoms with Crippen molar-refractivity contribution >= 4 is 11.5 Å². The Kier molecular flexibility index (Phi) is 7.33. The lowest BCUT2D eigenvalue weighted by Crippen LogP contribution is -2.29. The van der Waals surface area contributed by atoms with Gasteiger partial charge in [-0.05, 0) is 50.3 Å². The molecule has 0 aliphatic carbocycles. The van der Waals surface area contributed by atoms with Crippen LogP contribution in [0.3, 0.4) is 0 Å². The maximum absolute atomic E-state index is 12.5. The van der Waals surface area contributed by atoms with E-state index in [-0.39, 0.29) is 23.7 Å².